The van der Waals surface area contributed by atoms with Gasteiger partial charge in [-0.05, 0) is 43.2 Å². The van der Waals surface area contributed by atoms with Crippen LogP contribution in [0.4, 0.5) is 0 Å². The molecular weight excluding hydrogens is 320 g/mol. The first-order valence-corrected chi connectivity index (χ1v) is 8.56. The number of carbonyl (C=O) groups is 1. The zero-order valence-corrected chi connectivity index (χ0v) is 13.7. The molecule has 8 heteroatoms. The standard InChI is InChI=1S/C17H18N6O2/c24-14-13-2-1-7-22(13)20-16(19-14)23-11-12(10-18-23)15(25)21-8-5-17(3-4-17)6-9-21/h1-2,7,10-11H,3-6,8-9H2,(H,19,20,24). The van der Waals surface area contributed by atoms with Crippen LogP contribution in [0, 0.1) is 5.41 Å². The van der Waals surface area contributed by atoms with Crippen LogP contribution in [0.15, 0.2) is 35.5 Å². The SMILES string of the molecule is O=C(c1cnn(-c2nn3cccc3c(=O)[nH]2)c1)N1CCC2(CC1)CC2. The van der Waals surface area contributed by atoms with Gasteiger partial charge >= 0.3 is 0 Å². The zero-order chi connectivity index (χ0) is 17.0. The van der Waals surface area contributed by atoms with Crippen molar-refractivity contribution in [3.05, 3.63) is 46.6 Å². The van der Waals surface area contributed by atoms with Gasteiger partial charge in [-0.3, -0.25) is 14.6 Å². The van der Waals surface area contributed by atoms with Crippen LogP contribution >= 0.6 is 0 Å². The molecule has 0 bridgehead atoms. The fourth-order valence-electron chi connectivity index (χ4n) is 3.63. The van der Waals surface area contributed by atoms with Crippen molar-refractivity contribution in [3.8, 4) is 5.95 Å². The van der Waals surface area contributed by atoms with Gasteiger partial charge < -0.3 is 4.90 Å². The van der Waals surface area contributed by atoms with Crippen molar-refractivity contribution < 1.29 is 4.79 Å². The number of carbonyl (C=O) groups excluding carboxylic acids is 1. The molecule has 0 unspecified atom stereocenters. The number of likely N-dealkylation sites (tertiary alicyclic amines) is 1. The molecule has 4 heterocycles. The highest BCUT2D eigenvalue weighted by atomic mass is 16.2. The second-order valence-electron chi connectivity index (χ2n) is 7.08. The summed E-state index contributed by atoms with van der Waals surface area (Å²) in [5.74, 6) is 0.273. The van der Waals surface area contributed by atoms with Crippen LogP contribution in [0.25, 0.3) is 11.5 Å². The molecule has 1 aliphatic heterocycles. The minimum atomic E-state index is -0.246. The summed E-state index contributed by atoms with van der Waals surface area (Å²) in [6, 6.07) is 3.44. The van der Waals surface area contributed by atoms with Crippen molar-refractivity contribution in [1.82, 2.24) is 29.3 Å². The van der Waals surface area contributed by atoms with Gasteiger partial charge in [0.25, 0.3) is 11.5 Å². The molecule has 128 valence electrons. The number of nitrogens with zero attached hydrogens (tertiary/aromatic N) is 5. The van der Waals surface area contributed by atoms with E-state index in [1.54, 1.807) is 24.5 Å². The number of H-pyrrole nitrogens is 1. The molecule has 2 aliphatic rings. The molecule has 1 amide bonds. The van der Waals surface area contributed by atoms with Crippen LogP contribution < -0.4 is 5.56 Å². The van der Waals surface area contributed by atoms with E-state index in [0.717, 1.165) is 25.9 Å². The second kappa shape index (κ2) is 5.05. The first-order valence-electron chi connectivity index (χ1n) is 8.56. The Morgan fingerprint density at radius 2 is 2.00 bits per heavy atom. The summed E-state index contributed by atoms with van der Waals surface area (Å²) in [7, 11) is 0. The third-order valence-electron chi connectivity index (χ3n) is 5.50. The molecule has 1 spiro atoms. The van der Waals surface area contributed by atoms with E-state index in [-0.39, 0.29) is 17.4 Å². The van der Waals surface area contributed by atoms with Crippen molar-refractivity contribution in [2.45, 2.75) is 25.7 Å². The van der Waals surface area contributed by atoms with Crippen LogP contribution in [-0.2, 0) is 0 Å². The fraction of sp³-hybridized carbons (Fsp3) is 0.412. The first kappa shape index (κ1) is 14.4. The Balaban J connectivity index is 1.40. The van der Waals surface area contributed by atoms with Crippen LogP contribution in [-0.4, -0.2) is 48.3 Å². The molecule has 2 fully saturated rings. The molecule has 0 radical (unpaired) electrons. The van der Waals surface area contributed by atoms with E-state index in [0.29, 0.717) is 16.5 Å². The lowest BCUT2D eigenvalue weighted by molar-refractivity contribution is 0.0678. The molecule has 1 saturated heterocycles. The molecule has 25 heavy (non-hydrogen) atoms. The maximum Gasteiger partial charge on any atom is 0.276 e. The van der Waals surface area contributed by atoms with Gasteiger partial charge in [-0.25, -0.2) is 9.20 Å². The Kier molecular flexibility index (Phi) is 2.92. The van der Waals surface area contributed by atoms with E-state index in [4.69, 9.17) is 0 Å². The van der Waals surface area contributed by atoms with Crippen molar-refractivity contribution in [2.24, 2.45) is 5.41 Å². The maximum atomic E-state index is 12.7. The predicted octanol–water partition coefficient (Wildman–Crippen LogP) is 1.22. The van der Waals surface area contributed by atoms with E-state index in [1.807, 2.05) is 4.90 Å². The monoisotopic (exact) mass is 338 g/mol. The Morgan fingerprint density at radius 3 is 2.76 bits per heavy atom. The van der Waals surface area contributed by atoms with E-state index >= 15 is 0 Å². The summed E-state index contributed by atoms with van der Waals surface area (Å²) in [5, 5.41) is 8.51. The third-order valence-corrected chi connectivity index (χ3v) is 5.50. The van der Waals surface area contributed by atoms with E-state index in [9.17, 15) is 9.59 Å². The number of rotatable bonds is 2. The molecule has 0 aromatic carbocycles. The van der Waals surface area contributed by atoms with Crippen LogP contribution in [0.3, 0.4) is 0 Å². The quantitative estimate of drug-likeness (QED) is 0.761. The van der Waals surface area contributed by atoms with E-state index < -0.39 is 0 Å². The number of amides is 1. The zero-order valence-electron chi connectivity index (χ0n) is 13.7. The van der Waals surface area contributed by atoms with Gasteiger partial charge in [0.2, 0.25) is 5.95 Å². The van der Waals surface area contributed by atoms with Gasteiger partial charge in [-0.1, -0.05) is 0 Å². The molecule has 3 aromatic rings. The van der Waals surface area contributed by atoms with Crippen molar-refractivity contribution in [2.75, 3.05) is 13.1 Å². The van der Waals surface area contributed by atoms with Gasteiger partial charge in [0.15, 0.2) is 0 Å². The van der Waals surface area contributed by atoms with Gasteiger partial charge in [0.1, 0.15) is 5.52 Å². The van der Waals surface area contributed by atoms with Crippen molar-refractivity contribution >= 4 is 11.4 Å². The fourth-order valence-corrected chi connectivity index (χ4v) is 3.63. The number of nitrogens with one attached hydrogen (secondary N) is 1. The highest BCUT2D eigenvalue weighted by Crippen LogP contribution is 2.53. The average molecular weight is 338 g/mol. The summed E-state index contributed by atoms with van der Waals surface area (Å²) in [6.07, 6.45) is 9.69. The van der Waals surface area contributed by atoms with Crippen LogP contribution in [0.1, 0.15) is 36.0 Å². The molecule has 1 N–H and O–H groups in total. The number of fused-ring (bicyclic) bond motifs is 1. The lowest BCUT2D eigenvalue weighted by Crippen LogP contribution is -2.38. The van der Waals surface area contributed by atoms with Crippen molar-refractivity contribution in [3.63, 3.8) is 0 Å². The summed E-state index contributed by atoms with van der Waals surface area (Å²) in [4.78, 5) is 29.3. The van der Waals surface area contributed by atoms with Crippen LogP contribution in [0.2, 0.25) is 0 Å². The number of piperidine rings is 1. The summed E-state index contributed by atoms with van der Waals surface area (Å²) in [5.41, 5.74) is 1.27. The number of hydrogen-bond acceptors (Lipinski definition) is 4. The van der Waals surface area contributed by atoms with Gasteiger partial charge in [0.05, 0.1) is 11.8 Å². The Morgan fingerprint density at radius 1 is 1.20 bits per heavy atom. The molecule has 5 rings (SSSR count). The van der Waals surface area contributed by atoms with Gasteiger partial charge in [0, 0.05) is 25.5 Å². The number of hydrogen-bond donors (Lipinski definition) is 1. The predicted molar refractivity (Wildman–Crippen MR) is 89.7 cm³/mol. The molecular formula is C17H18N6O2. The summed E-state index contributed by atoms with van der Waals surface area (Å²) < 4.78 is 2.93. The number of aromatic nitrogens is 5. The lowest BCUT2D eigenvalue weighted by atomic mass is 9.93. The summed E-state index contributed by atoms with van der Waals surface area (Å²) in [6.45, 7) is 1.63. The van der Waals surface area contributed by atoms with Gasteiger partial charge in [-0.15, -0.1) is 5.10 Å². The Hall–Kier alpha value is -2.90. The first-order chi connectivity index (χ1) is 12.1. The highest BCUT2D eigenvalue weighted by Gasteiger charge is 2.45. The van der Waals surface area contributed by atoms with Gasteiger partial charge in [-0.2, -0.15) is 5.10 Å². The Bertz CT molecular complexity index is 1020. The summed E-state index contributed by atoms with van der Waals surface area (Å²) >= 11 is 0. The molecule has 8 nitrogen and oxygen atoms in total. The average Bonchev–Trinajstić information content (AvgIpc) is 3.06. The number of aromatic amines is 1. The van der Waals surface area contributed by atoms with Crippen molar-refractivity contribution in [1.29, 1.82) is 0 Å². The van der Waals surface area contributed by atoms with E-state index in [2.05, 4.69) is 15.2 Å². The molecule has 1 aliphatic carbocycles. The molecule has 0 atom stereocenters. The maximum absolute atomic E-state index is 12.7. The van der Waals surface area contributed by atoms with E-state index in [1.165, 1.54) is 28.2 Å². The topological polar surface area (TPSA) is 88.3 Å². The smallest absolute Gasteiger partial charge is 0.276 e. The largest absolute Gasteiger partial charge is 0.339 e. The minimum absolute atomic E-state index is 0.00820. The normalized spacial score (nSPS) is 18.8. The lowest BCUT2D eigenvalue weighted by Gasteiger charge is -2.31. The second-order valence-corrected chi connectivity index (χ2v) is 7.08. The Labute approximate surface area is 143 Å². The van der Waals surface area contributed by atoms with Crippen LogP contribution in [0.5, 0.6) is 0 Å². The highest BCUT2D eigenvalue weighted by molar-refractivity contribution is 5.93. The molecule has 1 saturated carbocycles. The third kappa shape index (κ3) is 2.36. The minimum Gasteiger partial charge on any atom is -0.339 e. The molecule has 3 aromatic heterocycles.